The van der Waals surface area contributed by atoms with Crippen molar-refractivity contribution in [3.63, 3.8) is 0 Å². The van der Waals surface area contributed by atoms with Gasteiger partial charge in [0.1, 0.15) is 0 Å². The fourth-order valence-electron chi connectivity index (χ4n) is 2.84. The molecule has 0 aromatic rings. The number of rotatable bonds is 4. The molecule has 1 rings (SSSR count). The zero-order chi connectivity index (χ0) is 12.0. The molecule has 0 bridgehead atoms. The van der Waals surface area contributed by atoms with Crippen LogP contribution in [-0.4, -0.2) is 0 Å². The lowest BCUT2D eigenvalue weighted by molar-refractivity contribution is 0.359. The molecule has 92 valence electrons. The first-order valence-electron chi connectivity index (χ1n) is 7.08. The topological polar surface area (TPSA) is 0 Å². The van der Waals surface area contributed by atoms with Crippen molar-refractivity contribution >= 4 is 0 Å². The molecule has 2 unspecified atom stereocenters. The van der Waals surface area contributed by atoms with Crippen molar-refractivity contribution in [1.29, 1.82) is 0 Å². The fraction of sp³-hybridized carbons (Fsp3) is 0.750. The van der Waals surface area contributed by atoms with Crippen LogP contribution in [0.25, 0.3) is 0 Å². The van der Waals surface area contributed by atoms with Crippen LogP contribution in [0.4, 0.5) is 0 Å². The van der Waals surface area contributed by atoms with E-state index in [0.717, 1.165) is 11.8 Å². The van der Waals surface area contributed by atoms with Crippen molar-refractivity contribution in [2.45, 2.75) is 59.8 Å². The third kappa shape index (κ3) is 2.99. The first-order chi connectivity index (χ1) is 7.71. The van der Waals surface area contributed by atoms with Crippen LogP contribution < -0.4 is 0 Å². The summed E-state index contributed by atoms with van der Waals surface area (Å²) in [5.41, 5.74) is 0.339. The maximum atomic E-state index is 2.50. The molecule has 0 radical (unpaired) electrons. The Bertz CT molecular complexity index is 243. The van der Waals surface area contributed by atoms with Crippen LogP contribution in [-0.2, 0) is 0 Å². The first kappa shape index (κ1) is 13.5. The Kier molecular flexibility index (Phi) is 5.31. The zero-order valence-corrected chi connectivity index (χ0v) is 11.5. The van der Waals surface area contributed by atoms with Crippen LogP contribution >= 0.6 is 0 Å². The lowest BCUT2D eigenvalue weighted by Gasteiger charge is -2.30. The lowest BCUT2D eigenvalue weighted by atomic mass is 9.75. The first-order valence-corrected chi connectivity index (χ1v) is 7.08. The summed E-state index contributed by atoms with van der Waals surface area (Å²) in [6.45, 7) is 9.25. The van der Waals surface area contributed by atoms with E-state index in [1.54, 1.807) is 0 Å². The van der Waals surface area contributed by atoms with Crippen molar-refractivity contribution in [1.82, 2.24) is 0 Å². The number of hydrogen-bond acceptors (Lipinski definition) is 0. The molecule has 0 fully saturated rings. The van der Waals surface area contributed by atoms with E-state index in [9.17, 15) is 0 Å². The highest BCUT2D eigenvalue weighted by molar-refractivity contribution is 5.14. The summed E-state index contributed by atoms with van der Waals surface area (Å²) in [4.78, 5) is 0. The van der Waals surface area contributed by atoms with Gasteiger partial charge in [0.05, 0.1) is 0 Å². The van der Waals surface area contributed by atoms with Gasteiger partial charge in [0.25, 0.3) is 0 Å². The molecule has 1 aliphatic rings. The van der Waals surface area contributed by atoms with E-state index in [4.69, 9.17) is 0 Å². The van der Waals surface area contributed by atoms with Gasteiger partial charge in [-0.15, -0.1) is 0 Å². The van der Waals surface area contributed by atoms with Gasteiger partial charge in [-0.2, -0.15) is 0 Å². The van der Waals surface area contributed by atoms with E-state index in [-0.39, 0.29) is 0 Å². The Morgan fingerprint density at radius 3 is 2.19 bits per heavy atom. The molecule has 2 atom stereocenters. The van der Waals surface area contributed by atoms with E-state index < -0.39 is 0 Å². The van der Waals surface area contributed by atoms with Crippen LogP contribution in [0.3, 0.4) is 0 Å². The van der Waals surface area contributed by atoms with Crippen molar-refractivity contribution in [2.24, 2.45) is 17.3 Å². The van der Waals surface area contributed by atoms with Crippen LogP contribution in [0.5, 0.6) is 0 Å². The van der Waals surface area contributed by atoms with Gasteiger partial charge < -0.3 is 0 Å². The van der Waals surface area contributed by atoms with Crippen molar-refractivity contribution in [2.75, 3.05) is 0 Å². The Morgan fingerprint density at radius 2 is 1.69 bits per heavy atom. The predicted octanol–water partition coefficient (Wildman–Crippen LogP) is 5.36. The van der Waals surface area contributed by atoms with Crippen molar-refractivity contribution in [3.05, 3.63) is 24.3 Å². The zero-order valence-electron chi connectivity index (χ0n) is 11.5. The quantitative estimate of drug-likeness (QED) is 0.559. The normalized spacial score (nSPS) is 32.8. The molecule has 16 heavy (non-hydrogen) atoms. The minimum Gasteiger partial charge on any atom is -0.0874 e. The second-order valence-electron chi connectivity index (χ2n) is 5.18. The molecule has 0 nitrogen and oxygen atoms in total. The molecular formula is C16H28. The monoisotopic (exact) mass is 220 g/mol. The van der Waals surface area contributed by atoms with Gasteiger partial charge in [0.2, 0.25) is 0 Å². The summed E-state index contributed by atoms with van der Waals surface area (Å²) in [6, 6.07) is 0. The highest BCUT2D eigenvalue weighted by atomic mass is 14.3. The van der Waals surface area contributed by atoms with Crippen LogP contribution in [0.1, 0.15) is 59.8 Å². The summed E-state index contributed by atoms with van der Waals surface area (Å²) < 4.78 is 0. The van der Waals surface area contributed by atoms with Gasteiger partial charge in [0.15, 0.2) is 0 Å². The summed E-state index contributed by atoms with van der Waals surface area (Å²) >= 11 is 0. The average molecular weight is 220 g/mol. The standard InChI is InChI=1S/C16H28/c1-5-14-10-9-12-16(7-3,8-4)13-11-15(14)6-2/h9,11-15H,5-8,10H2,1-4H3/b12-9-,13-11-. The predicted molar refractivity (Wildman–Crippen MR) is 73.5 cm³/mol. The SMILES string of the molecule is CCC1/C=C\C(CC)(CC)/C=C\CC1CC. The van der Waals surface area contributed by atoms with Crippen LogP contribution in [0.15, 0.2) is 24.3 Å². The highest BCUT2D eigenvalue weighted by Crippen LogP contribution is 2.35. The van der Waals surface area contributed by atoms with Gasteiger partial charge in [-0.25, -0.2) is 0 Å². The summed E-state index contributed by atoms with van der Waals surface area (Å²) in [5.74, 6) is 1.64. The molecule has 0 amide bonds. The summed E-state index contributed by atoms with van der Waals surface area (Å²) in [6.07, 6.45) is 16.2. The number of allylic oxidation sites excluding steroid dienone is 4. The van der Waals surface area contributed by atoms with Crippen LogP contribution in [0, 0.1) is 17.3 Å². The molecule has 0 aliphatic heterocycles. The van der Waals surface area contributed by atoms with Crippen molar-refractivity contribution in [3.8, 4) is 0 Å². The van der Waals surface area contributed by atoms with Gasteiger partial charge in [0, 0.05) is 5.41 Å². The van der Waals surface area contributed by atoms with E-state index in [1.807, 2.05) is 0 Å². The highest BCUT2D eigenvalue weighted by Gasteiger charge is 2.23. The van der Waals surface area contributed by atoms with E-state index in [2.05, 4.69) is 52.0 Å². The second kappa shape index (κ2) is 6.27. The fourth-order valence-corrected chi connectivity index (χ4v) is 2.84. The maximum absolute atomic E-state index is 2.50. The van der Waals surface area contributed by atoms with E-state index >= 15 is 0 Å². The summed E-state index contributed by atoms with van der Waals surface area (Å²) in [7, 11) is 0. The third-order valence-electron chi connectivity index (χ3n) is 4.48. The Hall–Kier alpha value is -0.520. The lowest BCUT2D eigenvalue weighted by Crippen LogP contribution is -2.18. The Balaban J connectivity index is 2.88. The van der Waals surface area contributed by atoms with Crippen molar-refractivity contribution < 1.29 is 0 Å². The Labute approximate surface area is 102 Å². The molecule has 0 saturated carbocycles. The second-order valence-corrected chi connectivity index (χ2v) is 5.18. The molecule has 0 N–H and O–H groups in total. The largest absolute Gasteiger partial charge is 0.0874 e. The molecule has 0 saturated heterocycles. The maximum Gasteiger partial charge on any atom is 0.00558 e. The Morgan fingerprint density at radius 1 is 1.00 bits per heavy atom. The minimum absolute atomic E-state index is 0.339. The minimum atomic E-state index is 0.339. The molecule has 0 aromatic carbocycles. The molecule has 0 heterocycles. The summed E-state index contributed by atoms with van der Waals surface area (Å²) in [5, 5.41) is 0. The third-order valence-corrected chi connectivity index (χ3v) is 4.48. The van der Waals surface area contributed by atoms with Gasteiger partial charge in [-0.3, -0.25) is 0 Å². The van der Waals surface area contributed by atoms with Crippen LogP contribution in [0.2, 0.25) is 0 Å². The van der Waals surface area contributed by atoms with Gasteiger partial charge in [-0.1, -0.05) is 58.4 Å². The van der Waals surface area contributed by atoms with Gasteiger partial charge in [-0.05, 0) is 37.5 Å². The molecule has 0 aromatic heterocycles. The molecule has 1 aliphatic carbocycles. The molecular weight excluding hydrogens is 192 g/mol. The van der Waals surface area contributed by atoms with E-state index in [0.29, 0.717) is 5.41 Å². The van der Waals surface area contributed by atoms with E-state index in [1.165, 1.54) is 32.1 Å². The molecule has 0 heteroatoms. The van der Waals surface area contributed by atoms with Gasteiger partial charge >= 0.3 is 0 Å². The average Bonchev–Trinajstić information content (AvgIpc) is 2.31. The number of hydrogen-bond donors (Lipinski definition) is 0. The smallest absolute Gasteiger partial charge is 0.00558 e. The molecule has 0 spiro atoms.